The third-order valence-electron chi connectivity index (χ3n) is 8.74. The molecule has 3 aliphatic carbocycles. The first-order valence-electron chi connectivity index (χ1n) is 14.9. The summed E-state index contributed by atoms with van der Waals surface area (Å²) in [7, 11) is 0. The Morgan fingerprint density at radius 1 is 1.02 bits per heavy atom. The molecule has 0 radical (unpaired) electrons. The first-order chi connectivity index (χ1) is 21.4. The minimum atomic E-state index is -2.83. The van der Waals surface area contributed by atoms with E-state index < -0.39 is 48.6 Å². The SMILES string of the molecule is O=C(CC1CC(F)(F)C1)N[C@@H](c1cnn2cc([C@@H](NC(=O)c3conc3OCC(F)F)C3CCC(F)(F)CC3)nc2c1)C1CC1. The Labute approximate surface area is 253 Å². The number of hydrogen-bond acceptors (Lipinski definition) is 7. The van der Waals surface area contributed by atoms with E-state index >= 15 is 0 Å². The van der Waals surface area contributed by atoms with Crippen molar-refractivity contribution in [3.8, 4) is 5.88 Å². The summed E-state index contributed by atoms with van der Waals surface area (Å²) in [5.41, 5.74) is 1.16. The van der Waals surface area contributed by atoms with Crippen LogP contribution in [0, 0.1) is 17.8 Å². The van der Waals surface area contributed by atoms with E-state index in [1.165, 1.54) is 4.52 Å². The van der Waals surface area contributed by atoms with Crippen LogP contribution in [0.1, 0.15) is 91.5 Å². The highest BCUT2D eigenvalue weighted by Crippen LogP contribution is 2.45. The van der Waals surface area contributed by atoms with Crippen LogP contribution in [0.15, 0.2) is 29.2 Å². The molecule has 0 aliphatic heterocycles. The molecule has 244 valence electrons. The maximum Gasteiger partial charge on any atom is 0.272 e. The molecule has 3 fully saturated rings. The molecule has 6 rings (SSSR count). The lowest BCUT2D eigenvalue weighted by Crippen LogP contribution is -2.39. The van der Waals surface area contributed by atoms with Gasteiger partial charge in [-0.25, -0.2) is 35.8 Å². The summed E-state index contributed by atoms with van der Waals surface area (Å²) in [6, 6.07) is 0.504. The normalized spacial score (nSPS) is 21.3. The molecule has 3 aliphatic rings. The number of alkyl halides is 6. The molecule has 2 amide bonds. The number of imidazole rings is 1. The molecule has 3 aromatic rings. The van der Waals surface area contributed by atoms with Crippen molar-refractivity contribution in [3.63, 3.8) is 0 Å². The van der Waals surface area contributed by atoms with Gasteiger partial charge >= 0.3 is 0 Å². The van der Waals surface area contributed by atoms with E-state index in [4.69, 9.17) is 9.26 Å². The van der Waals surface area contributed by atoms with Gasteiger partial charge in [0.05, 0.1) is 30.2 Å². The minimum Gasteiger partial charge on any atom is -0.469 e. The maximum absolute atomic E-state index is 14.0. The molecule has 16 heteroatoms. The fraction of sp³-hybridized carbons (Fsp3) is 0.621. The van der Waals surface area contributed by atoms with Gasteiger partial charge in [-0.1, -0.05) is 0 Å². The zero-order valence-electron chi connectivity index (χ0n) is 24.0. The van der Waals surface area contributed by atoms with E-state index in [1.807, 2.05) is 0 Å². The highest BCUT2D eigenvalue weighted by molar-refractivity contribution is 5.96. The Bertz CT molecular complexity index is 1520. The van der Waals surface area contributed by atoms with Gasteiger partial charge in [-0.3, -0.25) is 9.59 Å². The predicted octanol–water partition coefficient (Wildman–Crippen LogP) is 5.66. The van der Waals surface area contributed by atoms with Gasteiger partial charge in [0.25, 0.3) is 18.2 Å². The van der Waals surface area contributed by atoms with Crippen molar-refractivity contribution < 1.29 is 45.2 Å². The van der Waals surface area contributed by atoms with Gasteiger partial charge < -0.3 is 19.9 Å². The predicted molar refractivity (Wildman–Crippen MR) is 144 cm³/mol. The molecule has 3 heterocycles. The van der Waals surface area contributed by atoms with Gasteiger partial charge in [0.2, 0.25) is 17.8 Å². The van der Waals surface area contributed by atoms with Crippen molar-refractivity contribution >= 4 is 17.5 Å². The summed E-state index contributed by atoms with van der Waals surface area (Å²) in [6.07, 6.45) is 1.89. The first kappa shape index (κ1) is 31.1. The standard InChI is InChI=1S/C29H32F6N6O4/c30-21(31)14-44-27-19(13-45-40-27)26(43)39-25(17-3-5-28(32,33)6-4-17)20-12-41-22(37-20)8-18(11-36-41)24(16-1-2-16)38-23(42)7-15-9-29(34,35)10-15/h8,11-13,15-17,21,24-25H,1-7,9-10,14H2,(H,38,42)(H,39,43)/t24-,25+/m1/s1. The molecule has 2 atom stereocenters. The molecular formula is C29H32F6N6O4. The monoisotopic (exact) mass is 642 g/mol. The summed E-state index contributed by atoms with van der Waals surface area (Å²) >= 11 is 0. The number of carbonyl (C=O) groups excluding carboxylic acids is 2. The van der Waals surface area contributed by atoms with E-state index in [0.29, 0.717) is 16.9 Å². The van der Waals surface area contributed by atoms with Crippen LogP contribution in [0.5, 0.6) is 5.88 Å². The topological polar surface area (TPSA) is 124 Å². The Kier molecular flexibility index (Phi) is 8.41. The average molecular weight is 643 g/mol. The number of halogens is 6. The van der Waals surface area contributed by atoms with Gasteiger partial charge in [-0.15, -0.1) is 0 Å². The summed E-state index contributed by atoms with van der Waals surface area (Å²) in [5.74, 6) is -7.66. The first-order valence-corrected chi connectivity index (χ1v) is 14.9. The molecule has 0 aromatic carbocycles. The van der Waals surface area contributed by atoms with Crippen molar-refractivity contribution in [2.24, 2.45) is 17.8 Å². The number of nitrogens with one attached hydrogen (secondary N) is 2. The number of hydrogen-bond donors (Lipinski definition) is 2. The van der Waals surface area contributed by atoms with Crippen molar-refractivity contribution in [2.75, 3.05) is 6.61 Å². The maximum atomic E-state index is 14.0. The van der Waals surface area contributed by atoms with E-state index in [1.54, 1.807) is 18.5 Å². The third kappa shape index (κ3) is 7.35. The largest absolute Gasteiger partial charge is 0.469 e. The summed E-state index contributed by atoms with van der Waals surface area (Å²) in [6.45, 7) is -1.01. The van der Waals surface area contributed by atoms with E-state index in [-0.39, 0.29) is 74.3 Å². The van der Waals surface area contributed by atoms with Gasteiger partial charge in [0, 0.05) is 32.1 Å². The Morgan fingerprint density at radius 3 is 2.40 bits per heavy atom. The zero-order valence-corrected chi connectivity index (χ0v) is 24.0. The van der Waals surface area contributed by atoms with Gasteiger partial charge in [-0.05, 0) is 60.2 Å². The van der Waals surface area contributed by atoms with Crippen LogP contribution in [0.2, 0.25) is 0 Å². The number of amides is 2. The summed E-state index contributed by atoms with van der Waals surface area (Å²) in [5, 5.41) is 13.7. The van der Waals surface area contributed by atoms with Crippen molar-refractivity contribution in [1.82, 2.24) is 30.4 Å². The van der Waals surface area contributed by atoms with Crippen molar-refractivity contribution in [1.29, 1.82) is 0 Å². The Balaban J connectivity index is 1.22. The highest BCUT2D eigenvalue weighted by Gasteiger charge is 2.46. The van der Waals surface area contributed by atoms with E-state index in [9.17, 15) is 35.9 Å². The highest BCUT2D eigenvalue weighted by atomic mass is 19.3. The molecule has 0 unspecified atom stereocenters. The average Bonchev–Trinajstić information content (AvgIpc) is 3.53. The Hall–Kier alpha value is -3.85. The second-order valence-electron chi connectivity index (χ2n) is 12.4. The van der Waals surface area contributed by atoms with Crippen LogP contribution in [0.25, 0.3) is 5.65 Å². The fourth-order valence-electron chi connectivity index (χ4n) is 6.23. The molecule has 3 aromatic heterocycles. The van der Waals surface area contributed by atoms with Crippen LogP contribution >= 0.6 is 0 Å². The minimum absolute atomic E-state index is 0.0187. The van der Waals surface area contributed by atoms with Gasteiger partial charge in [0.15, 0.2) is 12.3 Å². The molecule has 45 heavy (non-hydrogen) atoms. The van der Waals surface area contributed by atoms with Gasteiger partial charge in [-0.2, -0.15) is 5.10 Å². The van der Waals surface area contributed by atoms with Crippen LogP contribution in [0.3, 0.4) is 0 Å². The number of fused-ring (bicyclic) bond motifs is 1. The number of carbonyl (C=O) groups is 2. The number of aromatic nitrogens is 4. The van der Waals surface area contributed by atoms with Crippen molar-refractivity contribution in [2.45, 2.75) is 88.1 Å². The molecule has 0 saturated heterocycles. The summed E-state index contributed by atoms with van der Waals surface area (Å²) in [4.78, 5) is 30.6. The number of rotatable bonds is 12. The molecule has 2 N–H and O–H groups in total. The number of nitrogens with zero attached hydrogens (tertiary/aromatic N) is 4. The molecule has 3 saturated carbocycles. The van der Waals surface area contributed by atoms with E-state index in [2.05, 4.69) is 25.9 Å². The van der Waals surface area contributed by atoms with Crippen LogP contribution in [0.4, 0.5) is 26.3 Å². The van der Waals surface area contributed by atoms with Crippen molar-refractivity contribution in [3.05, 3.63) is 41.5 Å². The molecule has 0 spiro atoms. The smallest absolute Gasteiger partial charge is 0.272 e. The van der Waals surface area contributed by atoms with Crippen LogP contribution < -0.4 is 15.4 Å². The van der Waals surface area contributed by atoms with Crippen LogP contribution in [-0.2, 0) is 4.79 Å². The lowest BCUT2D eigenvalue weighted by atomic mass is 9.79. The second-order valence-corrected chi connectivity index (χ2v) is 12.4. The number of ether oxygens (including phenoxy) is 1. The molecule has 0 bridgehead atoms. The quantitative estimate of drug-likeness (QED) is 0.245. The Morgan fingerprint density at radius 2 is 1.73 bits per heavy atom. The second kappa shape index (κ2) is 12.2. The third-order valence-corrected chi connectivity index (χ3v) is 8.74. The molecular weight excluding hydrogens is 610 g/mol. The van der Waals surface area contributed by atoms with Gasteiger partial charge in [0.1, 0.15) is 11.8 Å². The van der Waals surface area contributed by atoms with Crippen LogP contribution in [-0.4, -0.2) is 56.4 Å². The fourth-order valence-corrected chi connectivity index (χ4v) is 6.23. The lowest BCUT2D eigenvalue weighted by molar-refractivity contribution is -0.134. The zero-order chi connectivity index (χ0) is 31.9. The summed E-state index contributed by atoms with van der Waals surface area (Å²) < 4.78 is 91.0. The lowest BCUT2D eigenvalue weighted by Gasteiger charge is -2.34. The van der Waals surface area contributed by atoms with E-state index in [0.717, 1.165) is 19.1 Å². The molecule has 10 nitrogen and oxygen atoms in total.